The fraction of sp³-hybridized carbons (Fsp3) is 0.444. The zero-order valence-electron chi connectivity index (χ0n) is 8.01. The SMILES string of the molecule is CC.Cc1cncc(C(F)F)c1N. The minimum Gasteiger partial charge on any atom is -0.398 e. The summed E-state index contributed by atoms with van der Waals surface area (Å²) in [5.74, 6) is 0. The Labute approximate surface area is 76.8 Å². The molecule has 0 saturated carbocycles. The van der Waals surface area contributed by atoms with Crippen LogP contribution in [0.4, 0.5) is 14.5 Å². The molecule has 74 valence electrons. The normalized spacial score (nSPS) is 9.38. The molecule has 1 rings (SSSR count). The summed E-state index contributed by atoms with van der Waals surface area (Å²) in [5.41, 5.74) is 5.89. The van der Waals surface area contributed by atoms with E-state index in [0.29, 0.717) is 5.56 Å². The number of aryl methyl sites for hydroxylation is 1. The second-order valence-electron chi connectivity index (χ2n) is 2.26. The second kappa shape index (κ2) is 5.45. The standard InChI is InChI=1S/C7H8F2N2.C2H6/c1-4-2-11-3-5(6(4)10)7(8)9;1-2/h2-3,7H,1H3,(H2,10,11);1-2H3. The highest BCUT2D eigenvalue weighted by molar-refractivity contribution is 5.51. The van der Waals surface area contributed by atoms with Gasteiger partial charge in [0.15, 0.2) is 0 Å². The maximum absolute atomic E-state index is 12.1. The number of nitrogen functional groups attached to an aromatic ring is 1. The van der Waals surface area contributed by atoms with Crippen molar-refractivity contribution in [3.63, 3.8) is 0 Å². The molecule has 0 aliphatic rings. The molecule has 0 aliphatic carbocycles. The molecule has 13 heavy (non-hydrogen) atoms. The number of anilines is 1. The molecular weight excluding hydrogens is 174 g/mol. The Bertz CT molecular complexity index is 262. The van der Waals surface area contributed by atoms with Gasteiger partial charge in [-0.3, -0.25) is 4.98 Å². The molecule has 0 amide bonds. The van der Waals surface area contributed by atoms with Crippen molar-refractivity contribution in [3.05, 3.63) is 23.5 Å². The van der Waals surface area contributed by atoms with E-state index in [1.165, 1.54) is 6.20 Å². The van der Waals surface area contributed by atoms with Crippen LogP contribution >= 0.6 is 0 Å². The van der Waals surface area contributed by atoms with Crippen LogP contribution in [0.25, 0.3) is 0 Å². The Morgan fingerprint density at radius 1 is 1.31 bits per heavy atom. The summed E-state index contributed by atoms with van der Waals surface area (Å²) in [6.45, 7) is 5.65. The Balaban J connectivity index is 0.000000671. The van der Waals surface area contributed by atoms with E-state index in [1.807, 2.05) is 13.8 Å². The van der Waals surface area contributed by atoms with Crippen molar-refractivity contribution < 1.29 is 8.78 Å². The molecule has 0 spiro atoms. The van der Waals surface area contributed by atoms with Crippen molar-refractivity contribution in [1.29, 1.82) is 0 Å². The van der Waals surface area contributed by atoms with E-state index in [2.05, 4.69) is 4.98 Å². The molecule has 1 aromatic heterocycles. The van der Waals surface area contributed by atoms with Gasteiger partial charge in [-0.2, -0.15) is 0 Å². The Kier molecular flexibility index (Phi) is 4.96. The number of rotatable bonds is 1. The van der Waals surface area contributed by atoms with Crippen LogP contribution in [0.3, 0.4) is 0 Å². The first-order valence-electron chi connectivity index (χ1n) is 4.11. The van der Waals surface area contributed by atoms with E-state index in [4.69, 9.17) is 5.73 Å². The number of alkyl halides is 2. The van der Waals surface area contributed by atoms with Crippen molar-refractivity contribution in [3.8, 4) is 0 Å². The van der Waals surface area contributed by atoms with Gasteiger partial charge in [-0.25, -0.2) is 8.78 Å². The molecule has 0 aromatic carbocycles. The smallest absolute Gasteiger partial charge is 0.267 e. The van der Waals surface area contributed by atoms with E-state index >= 15 is 0 Å². The van der Waals surface area contributed by atoms with E-state index in [0.717, 1.165) is 6.20 Å². The zero-order chi connectivity index (χ0) is 10.4. The number of pyridine rings is 1. The number of aromatic nitrogens is 1. The van der Waals surface area contributed by atoms with Gasteiger partial charge in [0.05, 0.1) is 5.56 Å². The van der Waals surface area contributed by atoms with Crippen molar-refractivity contribution in [2.24, 2.45) is 0 Å². The molecule has 2 nitrogen and oxygen atoms in total. The molecule has 2 N–H and O–H groups in total. The summed E-state index contributed by atoms with van der Waals surface area (Å²) in [6.07, 6.45) is 0.0104. The topological polar surface area (TPSA) is 38.9 Å². The van der Waals surface area contributed by atoms with Crippen LogP contribution in [-0.2, 0) is 0 Å². The van der Waals surface area contributed by atoms with Crippen molar-refractivity contribution in [2.45, 2.75) is 27.2 Å². The largest absolute Gasteiger partial charge is 0.398 e. The summed E-state index contributed by atoms with van der Waals surface area (Å²) in [7, 11) is 0. The molecule has 0 atom stereocenters. The molecule has 0 radical (unpaired) electrons. The number of hydrogen-bond donors (Lipinski definition) is 1. The summed E-state index contributed by atoms with van der Waals surface area (Å²) in [6, 6.07) is 0. The van der Waals surface area contributed by atoms with E-state index in [9.17, 15) is 8.78 Å². The number of halogens is 2. The van der Waals surface area contributed by atoms with Crippen LogP contribution in [0.1, 0.15) is 31.4 Å². The van der Waals surface area contributed by atoms with Gasteiger partial charge in [-0.1, -0.05) is 13.8 Å². The highest BCUT2D eigenvalue weighted by atomic mass is 19.3. The molecule has 0 unspecified atom stereocenters. The van der Waals surface area contributed by atoms with Gasteiger partial charge < -0.3 is 5.73 Å². The minimum absolute atomic E-state index is 0.134. The molecule has 1 heterocycles. The lowest BCUT2D eigenvalue weighted by Gasteiger charge is -2.04. The Morgan fingerprint density at radius 3 is 2.23 bits per heavy atom. The van der Waals surface area contributed by atoms with Crippen LogP contribution in [0.5, 0.6) is 0 Å². The molecule has 0 aliphatic heterocycles. The predicted octanol–water partition coefficient (Wildman–Crippen LogP) is 2.94. The number of hydrogen-bond acceptors (Lipinski definition) is 2. The molecule has 0 bridgehead atoms. The van der Waals surface area contributed by atoms with Gasteiger partial charge >= 0.3 is 0 Å². The number of nitrogens with zero attached hydrogens (tertiary/aromatic N) is 1. The molecule has 1 aromatic rings. The molecule has 0 saturated heterocycles. The molecule has 4 heteroatoms. The fourth-order valence-corrected chi connectivity index (χ4v) is 0.770. The summed E-state index contributed by atoms with van der Waals surface area (Å²) < 4.78 is 24.2. The van der Waals surface area contributed by atoms with Gasteiger partial charge in [-0.15, -0.1) is 0 Å². The number of nitrogens with two attached hydrogens (primary N) is 1. The van der Waals surface area contributed by atoms with Gasteiger partial charge in [0.1, 0.15) is 0 Å². The first kappa shape index (κ1) is 11.8. The first-order valence-corrected chi connectivity index (χ1v) is 4.11. The van der Waals surface area contributed by atoms with Gasteiger partial charge in [0.2, 0.25) is 0 Å². The third kappa shape index (κ3) is 2.97. The minimum atomic E-state index is -2.54. The predicted molar refractivity (Wildman–Crippen MR) is 49.7 cm³/mol. The maximum atomic E-state index is 12.1. The summed E-state index contributed by atoms with van der Waals surface area (Å²) >= 11 is 0. The van der Waals surface area contributed by atoms with Crippen LogP contribution in [-0.4, -0.2) is 4.98 Å². The van der Waals surface area contributed by atoms with Crippen molar-refractivity contribution >= 4 is 5.69 Å². The zero-order valence-corrected chi connectivity index (χ0v) is 8.01. The van der Waals surface area contributed by atoms with E-state index < -0.39 is 6.43 Å². The van der Waals surface area contributed by atoms with Gasteiger partial charge in [0.25, 0.3) is 6.43 Å². The fourth-order valence-electron chi connectivity index (χ4n) is 0.770. The van der Waals surface area contributed by atoms with Crippen LogP contribution in [0.2, 0.25) is 0 Å². The average molecular weight is 188 g/mol. The maximum Gasteiger partial charge on any atom is 0.267 e. The van der Waals surface area contributed by atoms with Crippen LogP contribution in [0.15, 0.2) is 12.4 Å². The summed E-state index contributed by atoms with van der Waals surface area (Å²) in [5, 5.41) is 0. The van der Waals surface area contributed by atoms with Crippen molar-refractivity contribution in [1.82, 2.24) is 4.98 Å². The lowest BCUT2D eigenvalue weighted by Crippen LogP contribution is -1.98. The van der Waals surface area contributed by atoms with E-state index in [-0.39, 0.29) is 11.3 Å². The second-order valence-corrected chi connectivity index (χ2v) is 2.26. The van der Waals surface area contributed by atoms with Crippen LogP contribution < -0.4 is 5.73 Å². The lowest BCUT2D eigenvalue weighted by molar-refractivity contribution is 0.152. The Hall–Kier alpha value is -1.19. The van der Waals surface area contributed by atoms with E-state index in [1.54, 1.807) is 6.92 Å². The quantitative estimate of drug-likeness (QED) is 0.735. The van der Waals surface area contributed by atoms with Gasteiger partial charge in [0, 0.05) is 18.1 Å². The molecule has 0 fully saturated rings. The van der Waals surface area contributed by atoms with Gasteiger partial charge in [-0.05, 0) is 12.5 Å². The third-order valence-corrected chi connectivity index (χ3v) is 1.45. The first-order chi connectivity index (χ1) is 6.13. The highest BCUT2D eigenvalue weighted by Gasteiger charge is 2.11. The third-order valence-electron chi connectivity index (χ3n) is 1.45. The lowest BCUT2D eigenvalue weighted by atomic mass is 10.2. The van der Waals surface area contributed by atoms with Crippen LogP contribution in [0, 0.1) is 6.92 Å². The monoisotopic (exact) mass is 188 g/mol. The van der Waals surface area contributed by atoms with Crippen molar-refractivity contribution in [2.75, 3.05) is 5.73 Å². The Morgan fingerprint density at radius 2 is 1.85 bits per heavy atom. The molecular formula is C9H14F2N2. The summed E-state index contributed by atoms with van der Waals surface area (Å²) in [4.78, 5) is 3.61. The average Bonchev–Trinajstić information content (AvgIpc) is 2.13. The highest BCUT2D eigenvalue weighted by Crippen LogP contribution is 2.25.